The van der Waals surface area contributed by atoms with Crippen molar-refractivity contribution in [2.24, 2.45) is 0 Å². The van der Waals surface area contributed by atoms with Crippen molar-refractivity contribution in [3.63, 3.8) is 0 Å². The van der Waals surface area contributed by atoms with Crippen molar-refractivity contribution < 1.29 is 24.2 Å². The highest BCUT2D eigenvalue weighted by molar-refractivity contribution is 5.78. The van der Waals surface area contributed by atoms with Gasteiger partial charge in [0.1, 0.15) is 5.60 Å². The number of ether oxygens (including phenoxy) is 2. The fraction of sp³-hybridized carbons (Fsp3) is 0.500. The van der Waals surface area contributed by atoms with Crippen LogP contribution in [0.4, 0.5) is 0 Å². The van der Waals surface area contributed by atoms with Gasteiger partial charge < -0.3 is 14.6 Å². The van der Waals surface area contributed by atoms with Crippen LogP contribution >= 0.6 is 0 Å². The van der Waals surface area contributed by atoms with Gasteiger partial charge in [-0.15, -0.1) is 0 Å². The molecule has 0 aliphatic heterocycles. The highest BCUT2D eigenvalue weighted by atomic mass is 16.6. The molecule has 0 aromatic heterocycles. The summed E-state index contributed by atoms with van der Waals surface area (Å²) in [6.45, 7) is 6.45. The Morgan fingerprint density at radius 3 is 2.23 bits per heavy atom. The predicted octanol–water partition coefficient (Wildman–Crippen LogP) is 1.94. The van der Waals surface area contributed by atoms with Crippen molar-refractivity contribution in [1.29, 1.82) is 0 Å². The molecule has 1 rings (SSSR count). The lowest BCUT2D eigenvalue weighted by molar-refractivity contribution is -0.173. The Morgan fingerprint density at radius 1 is 1.14 bits per heavy atom. The molecule has 1 unspecified atom stereocenters. The number of nitrogens with one attached hydrogen (secondary N) is 1. The number of carbonyl (C=O) groups excluding carboxylic acids is 1. The van der Waals surface area contributed by atoms with Crippen LogP contribution in [0.3, 0.4) is 0 Å². The van der Waals surface area contributed by atoms with Gasteiger partial charge in [-0.2, -0.15) is 0 Å². The van der Waals surface area contributed by atoms with Gasteiger partial charge in [-0.05, 0) is 33.3 Å². The van der Waals surface area contributed by atoms with E-state index in [0.717, 1.165) is 5.56 Å². The van der Waals surface area contributed by atoms with Gasteiger partial charge in [0.25, 0.3) is 0 Å². The summed E-state index contributed by atoms with van der Waals surface area (Å²) in [7, 11) is 0. The van der Waals surface area contributed by atoms with Crippen molar-refractivity contribution >= 4 is 11.9 Å². The van der Waals surface area contributed by atoms with Crippen LogP contribution in [0.25, 0.3) is 0 Å². The molecule has 0 spiro atoms. The largest absolute Gasteiger partial charge is 0.478 e. The first-order chi connectivity index (χ1) is 10.1. The number of carboxylic acid groups (broad SMARTS) is 1. The third kappa shape index (κ3) is 6.24. The number of esters is 1. The summed E-state index contributed by atoms with van der Waals surface area (Å²) in [5, 5.41) is 11.9. The second-order valence-corrected chi connectivity index (χ2v) is 6.05. The molecule has 22 heavy (non-hydrogen) atoms. The molecule has 0 aliphatic carbocycles. The lowest BCUT2D eigenvalue weighted by Crippen LogP contribution is -2.53. The topological polar surface area (TPSA) is 84.9 Å². The number of hydrogen-bond acceptors (Lipinski definition) is 5. The van der Waals surface area contributed by atoms with Gasteiger partial charge in [0, 0.05) is 0 Å². The summed E-state index contributed by atoms with van der Waals surface area (Å²) in [4.78, 5) is 23.1. The molecule has 122 valence electrons. The smallest absolute Gasteiger partial charge is 0.351 e. The van der Waals surface area contributed by atoms with Crippen LogP contribution in [0.15, 0.2) is 30.3 Å². The van der Waals surface area contributed by atoms with Crippen molar-refractivity contribution in [2.45, 2.75) is 45.6 Å². The van der Waals surface area contributed by atoms with Gasteiger partial charge in [0.15, 0.2) is 0 Å². The molecule has 0 fully saturated rings. The Labute approximate surface area is 130 Å². The van der Waals surface area contributed by atoms with Crippen LogP contribution in [0, 0.1) is 0 Å². The van der Waals surface area contributed by atoms with Gasteiger partial charge >= 0.3 is 11.9 Å². The van der Waals surface area contributed by atoms with E-state index in [-0.39, 0.29) is 13.2 Å². The molecule has 0 aliphatic rings. The van der Waals surface area contributed by atoms with E-state index in [1.165, 1.54) is 6.92 Å². The number of aliphatic carboxylic acids is 1. The minimum absolute atomic E-state index is 0.116. The first-order valence-electron chi connectivity index (χ1n) is 7.00. The van der Waals surface area contributed by atoms with Gasteiger partial charge in [-0.1, -0.05) is 30.3 Å². The molecule has 6 heteroatoms. The standard InChI is InChI=1S/C16H23NO5/c1-15(2,3)22-13(18)10-17-16(4,14(19)20)21-11-12-8-6-5-7-9-12/h5-9,17H,10-11H2,1-4H3,(H,19,20). The number of carbonyl (C=O) groups is 2. The lowest BCUT2D eigenvalue weighted by Gasteiger charge is -2.27. The Hall–Kier alpha value is -1.92. The average Bonchev–Trinajstić information content (AvgIpc) is 2.42. The first kappa shape index (κ1) is 18.1. The monoisotopic (exact) mass is 309 g/mol. The van der Waals surface area contributed by atoms with Crippen molar-refractivity contribution in [2.75, 3.05) is 6.54 Å². The maximum atomic E-state index is 11.7. The van der Waals surface area contributed by atoms with Crippen LogP contribution in [-0.2, 0) is 25.7 Å². The molecule has 6 nitrogen and oxygen atoms in total. The van der Waals surface area contributed by atoms with E-state index in [9.17, 15) is 14.7 Å². The molecule has 0 saturated heterocycles. The van der Waals surface area contributed by atoms with Gasteiger partial charge in [0.2, 0.25) is 5.72 Å². The molecule has 0 amide bonds. The maximum Gasteiger partial charge on any atom is 0.351 e. The highest BCUT2D eigenvalue weighted by Crippen LogP contribution is 2.12. The molecular formula is C16H23NO5. The van der Waals surface area contributed by atoms with Crippen molar-refractivity contribution in [1.82, 2.24) is 5.32 Å². The zero-order valence-corrected chi connectivity index (χ0v) is 13.4. The zero-order valence-electron chi connectivity index (χ0n) is 13.4. The molecule has 1 atom stereocenters. The van der Waals surface area contributed by atoms with E-state index in [1.54, 1.807) is 20.8 Å². The molecule has 1 aromatic rings. The molecule has 1 aromatic carbocycles. The highest BCUT2D eigenvalue weighted by Gasteiger charge is 2.35. The first-order valence-corrected chi connectivity index (χ1v) is 7.00. The normalized spacial score (nSPS) is 14.2. The van der Waals surface area contributed by atoms with E-state index in [2.05, 4.69) is 5.32 Å². The summed E-state index contributed by atoms with van der Waals surface area (Å²) >= 11 is 0. The molecule has 0 radical (unpaired) electrons. The van der Waals surface area contributed by atoms with Crippen molar-refractivity contribution in [3.05, 3.63) is 35.9 Å². The lowest BCUT2D eigenvalue weighted by atomic mass is 10.2. The second kappa shape index (κ2) is 7.38. The third-order valence-corrected chi connectivity index (χ3v) is 2.77. The average molecular weight is 309 g/mol. The second-order valence-electron chi connectivity index (χ2n) is 6.05. The molecule has 0 heterocycles. The van der Waals surface area contributed by atoms with E-state index >= 15 is 0 Å². The number of hydrogen-bond donors (Lipinski definition) is 2. The van der Waals surface area contributed by atoms with Crippen LogP contribution in [-0.4, -0.2) is 34.9 Å². The Bertz CT molecular complexity index is 509. The summed E-state index contributed by atoms with van der Waals surface area (Å²) in [6, 6.07) is 9.20. The van der Waals surface area contributed by atoms with Gasteiger partial charge in [-0.3, -0.25) is 10.1 Å². The van der Waals surface area contributed by atoms with E-state index in [4.69, 9.17) is 9.47 Å². The third-order valence-electron chi connectivity index (χ3n) is 2.77. The van der Waals surface area contributed by atoms with Gasteiger partial charge in [0.05, 0.1) is 13.2 Å². The molecule has 0 saturated carbocycles. The zero-order chi connectivity index (χ0) is 16.8. The molecular weight excluding hydrogens is 286 g/mol. The Balaban J connectivity index is 2.59. The van der Waals surface area contributed by atoms with Crippen LogP contribution < -0.4 is 5.32 Å². The van der Waals surface area contributed by atoms with Crippen LogP contribution in [0.5, 0.6) is 0 Å². The minimum atomic E-state index is -1.67. The SMILES string of the molecule is CC(C)(C)OC(=O)CNC(C)(OCc1ccccc1)C(=O)O. The van der Waals surface area contributed by atoms with Crippen LogP contribution in [0.1, 0.15) is 33.3 Å². The van der Waals surface area contributed by atoms with Gasteiger partial charge in [-0.25, -0.2) is 4.79 Å². The maximum absolute atomic E-state index is 11.7. The minimum Gasteiger partial charge on any atom is -0.478 e. The molecule has 0 bridgehead atoms. The van der Waals surface area contributed by atoms with E-state index in [0.29, 0.717) is 0 Å². The van der Waals surface area contributed by atoms with Crippen molar-refractivity contribution in [3.8, 4) is 0 Å². The number of rotatable bonds is 7. The van der Waals surface area contributed by atoms with Crippen LogP contribution in [0.2, 0.25) is 0 Å². The Morgan fingerprint density at radius 2 is 1.73 bits per heavy atom. The Kier molecular flexibility index (Phi) is 6.08. The summed E-state index contributed by atoms with van der Waals surface area (Å²) in [6.07, 6.45) is 0. The summed E-state index contributed by atoms with van der Waals surface area (Å²) < 4.78 is 10.6. The predicted molar refractivity (Wildman–Crippen MR) is 81.1 cm³/mol. The van der Waals surface area contributed by atoms with E-state index in [1.807, 2.05) is 30.3 Å². The quantitative estimate of drug-likeness (QED) is 0.591. The van der Waals surface area contributed by atoms with E-state index < -0.39 is 23.3 Å². The molecule has 2 N–H and O–H groups in total. The fourth-order valence-electron chi connectivity index (χ4n) is 1.61. The fourth-order valence-corrected chi connectivity index (χ4v) is 1.61. The summed E-state index contributed by atoms with van der Waals surface area (Å²) in [5.41, 5.74) is -1.45. The summed E-state index contributed by atoms with van der Waals surface area (Å²) in [5.74, 6) is -1.74. The number of carboxylic acids is 1. The number of benzene rings is 1.